The van der Waals surface area contributed by atoms with Crippen molar-refractivity contribution < 1.29 is 22.0 Å². The number of amides is 1. The molecule has 21 heavy (non-hydrogen) atoms. The number of nitrogens with zero attached hydrogens (tertiary/aromatic N) is 1. The van der Waals surface area contributed by atoms with Crippen LogP contribution < -0.4 is 5.32 Å². The van der Waals surface area contributed by atoms with E-state index >= 15 is 0 Å². The van der Waals surface area contributed by atoms with Crippen molar-refractivity contribution in [2.45, 2.75) is 12.8 Å². The summed E-state index contributed by atoms with van der Waals surface area (Å²) in [7, 11) is -3.24. The van der Waals surface area contributed by atoms with E-state index in [4.69, 9.17) is 0 Å². The second kappa shape index (κ2) is 6.07. The van der Waals surface area contributed by atoms with E-state index in [2.05, 4.69) is 5.32 Å². The number of rotatable bonds is 3. The number of carbonyl (C=O) groups excluding carboxylic acids is 1. The van der Waals surface area contributed by atoms with Crippen LogP contribution in [-0.4, -0.2) is 38.0 Å². The first-order valence-electron chi connectivity index (χ1n) is 6.48. The highest BCUT2D eigenvalue weighted by Crippen LogP contribution is 2.21. The molecule has 2 rings (SSSR count). The second-order valence-electron chi connectivity index (χ2n) is 5.08. The van der Waals surface area contributed by atoms with Gasteiger partial charge in [-0.25, -0.2) is 21.5 Å². The van der Waals surface area contributed by atoms with Crippen molar-refractivity contribution in [1.29, 1.82) is 0 Å². The molecule has 116 valence electrons. The van der Waals surface area contributed by atoms with E-state index < -0.39 is 21.7 Å². The van der Waals surface area contributed by atoms with Gasteiger partial charge in [0.2, 0.25) is 15.9 Å². The maximum atomic E-state index is 13.0. The topological polar surface area (TPSA) is 66.5 Å². The molecule has 0 unspecified atom stereocenters. The third-order valence-corrected chi connectivity index (χ3v) is 4.73. The lowest BCUT2D eigenvalue weighted by molar-refractivity contribution is -0.120. The van der Waals surface area contributed by atoms with Crippen LogP contribution in [0.4, 0.5) is 14.5 Å². The number of piperidine rings is 1. The summed E-state index contributed by atoms with van der Waals surface area (Å²) in [6.07, 6.45) is 1.90. The molecule has 1 aromatic rings. The monoisotopic (exact) mass is 318 g/mol. The van der Waals surface area contributed by atoms with Gasteiger partial charge in [-0.3, -0.25) is 4.79 Å². The van der Waals surface area contributed by atoms with Crippen LogP contribution in [0.15, 0.2) is 18.2 Å². The van der Waals surface area contributed by atoms with E-state index in [0.29, 0.717) is 12.8 Å². The Labute approximate surface area is 122 Å². The minimum atomic E-state index is -3.24. The highest BCUT2D eigenvalue weighted by Gasteiger charge is 2.28. The molecule has 0 saturated carbocycles. The Bertz CT molecular complexity index is 621. The van der Waals surface area contributed by atoms with Crippen LogP contribution >= 0.6 is 0 Å². The summed E-state index contributed by atoms with van der Waals surface area (Å²) in [6, 6.07) is 2.79. The minimum Gasteiger partial charge on any atom is -0.326 e. The first kappa shape index (κ1) is 15.8. The van der Waals surface area contributed by atoms with Crippen LogP contribution in [-0.2, 0) is 14.8 Å². The van der Waals surface area contributed by atoms with Crippen molar-refractivity contribution in [1.82, 2.24) is 4.31 Å². The molecule has 1 N–H and O–H groups in total. The standard InChI is InChI=1S/C13H16F2N2O3S/c1-21(19,20)17-4-2-9(3-5-17)13(18)16-12-7-10(14)6-11(15)8-12/h6-9H,2-5H2,1H3,(H,16,18). The summed E-state index contributed by atoms with van der Waals surface area (Å²) < 4.78 is 50.1. The number of halogens is 2. The molecule has 8 heteroatoms. The summed E-state index contributed by atoms with van der Waals surface area (Å²) in [5, 5.41) is 2.46. The summed E-state index contributed by atoms with van der Waals surface area (Å²) >= 11 is 0. The van der Waals surface area contributed by atoms with Gasteiger partial charge in [0.15, 0.2) is 0 Å². The van der Waals surface area contributed by atoms with Gasteiger partial charge in [-0.15, -0.1) is 0 Å². The number of anilines is 1. The minimum absolute atomic E-state index is 0.0584. The zero-order valence-corrected chi connectivity index (χ0v) is 12.3. The van der Waals surface area contributed by atoms with E-state index in [1.807, 2.05) is 0 Å². The fourth-order valence-corrected chi connectivity index (χ4v) is 3.19. The normalized spacial score (nSPS) is 17.7. The van der Waals surface area contributed by atoms with Crippen LogP contribution in [0, 0.1) is 17.6 Å². The van der Waals surface area contributed by atoms with Gasteiger partial charge in [-0.2, -0.15) is 0 Å². The third-order valence-electron chi connectivity index (χ3n) is 3.42. The zero-order valence-electron chi connectivity index (χ0n) is 11.5. The first-order chi connectivity index (χ1) is 9.75. The smallest absolute Gasteiger partial charge is 0.227 e. The number of hydrogen-bond donors (Lipinski definition) is 1. The van der Waals surface area contributed by atoms with Gasteiger partial charge < -0.3 is 5.32 Å². The van der Waals surface area contributed by atoms with Gasteiger partial charge in [-0.05, 0) is 25.0 Å². The van der Waals surface area contributed by atoms with E-state index in [0.717, 1.165) is 24.5 Å². The fourth-order valence-electron chi connectivity index (χ4n) is 2.32. The SMILES string of the molecule is CS(=O)(=O)N1CCC(C(=O)Nc2cc(F)cc(F)c2)CC1. The van der Waals surface area contributed by atoms with Crippen LogP contribution in [0.2, 0.25) is 0 Å². The molecule has 1 aliphatic rings. The Morgan fingerprint density at radius 2 is 1.71 bits per heavy atom. The number of carbonyl (C=O) groups is 1. The van der Waals surface area contributed by atoms with E-state index in [1.54, 1.807) is 0 Å². The molecule has 5 nitrogen and oxygen atoms in total. The van der Waals surface area contributed by atoms with Gasteiger partial charge in [0.25, 0.3) is 0 Å². The lowest BCUT2D eigenvalue weighted by Gasteiger charge is -2.29. The Balaban J connectivity index is 1.96. The summed E-state index contributed by atoms with van der Waals surface area (Å²) in [6.45, 7) is 0.545. The Kier molecular flexibility index (Phi) is 4.58. The summed E-state index contributed by atoms with van der Waals surface area (Å²) in [5.41, 5.74) is 0.0584. The third kappa shape index (κ3) is 4.21. The van der Waals surface area contributed by atoms with Crippen molar-refractivity contribution in [3.63, 3.8) is 0 Å². The largest absolute Gasteiger partial charge is 0.326 e. The molecule has 0 spiro atoms. The first-order valence-corrected chi connectivity index (χ1v) is 8.32. The van der Waals surface area contributed by atoms with Gasteiger partial charge in [0, 0.05) is 30.8 Å². The number of sulfonamides is 1. The average molecular weight is 318 g/mol. The number of benzene rings is 1. The predicted octanol–water partition coefficient (Wildman–Crippen LogP) is 1.57. The molecule has 0 aromatic heterocycles. The second-order valence-corrected chi connectivity index (χ2v) is 7.07. The van der Waals surface area contributed by atoms with Crippen LogP contribution in [0.25, 0.3) is 0 Å². The number of nitrogens with one attached hydrogen (secondary N) is 1. The van der Waals surface area contributed by atoms with Crippen molar-refractivity contribution in [3.05, 3.63) is 29.8 Å². The van der Waals surface area contributed by atoms with Gasteiger partial charge in [0.05, 0.1) is 6.26 Å². The van der Waals surface area contributed by atoms with E-state index in [1.165, 1.54) is 4.31 Å². The molecular weight excluding hydrogens is 302 g/mol. The molecule has 1 aromatic carbocycles. The van der Waals surface area contributed by atoms with E-state index in [9.17, 15) is 22.0 Å². The lowest BCUT2D eigenvalue weighted by atomic mass is 9.97. The van der Waals surface area contributed by atoms with Crippen molar-refractivity contribution in [2.24, 2.45) is 5.92 Å². The fraction of sp³-hybridized carbons (Fsp3) is 0.462. The molecular formula is C13H16F2N2O3S. The lowest BCUT2D eigenvalue weighted by Crippen LogP contribution is -2.40. The molecule has 0 bridgehead atoms. The molecule has 1 aliphatic heterocycles. The van der Waals surface area contributed by atoms with Crippen molar-refractivity contribution in [2.75, 3.05) is 24.7 Å². The van der Waals surface area contributed by atoms with Gasteiger partial charge in [0.1, 0.15) is 11.6 Å². The maximum absolute atomic E-state index is 13.0. The predicted molar refractivity (Wildman–Crippen MR) is 74.1 cm³/mol. The Morgan fingerprint density at radius 3 is 2.19 bits per heavy atom. The molecule has 0 atom stereocenters. The maximum Gasteiger partial charge on any atom is 0.227 e. The number of hydrogen-bond acceptors (Lipinski definition) is 3. The molecule has 1 saturated heterocycles. The highest BCUT2D eigenvalue weighted by atomic mass is 32.2. The van der Waals surface area contributed by atoms with Gasteiger partial charge >= 0.3 is 0 Å². The zero-order chi connectivity index (χ0) is 15.6. The van der Waals surface area contributed by atoms with Crippen LogP contribution in [0.1, 0.15) is 12.8 Å². The molecule has 1 heterocycles. The van der Waals surface area contributed by atoms with Crippen LogP contribution in [0.3, 0.4) is 0 Å². The average Bonchev–Trinajstić information content (AvgIpc) is 2.36. The van der Waals surface area contributed by atoms with Crippen molar-refractivity contribution in [3.8, 4) is 0 Å². The molecule has 0 radical (unpaired) electrons. The summed E-state index contributed by atoms with van der Waals surface area (Å²) in [5.74, 6) is -2.25. The Hall–Kier alpha value is -1.54. The summed E-state index contributed by atoms with van der Waals surface area (Å²) in [4.78, 5) is 12.0. The quantitative estimate of drug-likeness (QED) is 0.920. The molecule has 0 aliphatic carbocycles. The van der Waals surface area contributed by atoms with Crippen molar-refractivity contribution >= 4 is 21.6 Å². The molecule has 1 amide bonds. The van der Waals surface area contributed by atoms with Crippen LogP contribution in [0.5, 0.6) is 0 Å². The van der Waals surface area contributed by atoms with E-state index in [-0.39, 0.29) is 30.6 Å². The van der Waals surface area contributed by atoms with Gasteiger partial charge in [-0.1, -0.05) is 0 Å². The highest BCUT2D eigenvalue weighted by molar-refractivity contribution is 7.88. The Morgan fingerprint density at radius 1 is 1.19 bits per heavy atom. The molecule has 1 fully saturated rings.